The fourth-order valence-electron chi connectivity index (χ4n) is 5.43. The number of esters is 5. The van der Waals surface area contributed by atoms with Crippen LogP contribution in [0.2, 0.25) is 0 Å². The molecule has 0 aliphatic rings. The van der Waals surface area contributed by atoms with E-state index in [1.165, 1.54) is 20.8 Å². The predicted molar refractivity (Wildman–Crippen MR) is 231 cm³/mol. The molecule has 0 saturated heterocycles. The van der Waals surface area contributed by atoms with E-state index in [0.29, 0.717) is 57.5 Å². The maximum absolute atomic E-state index is 12.3. The van der Waals surface area contributed by atoms with Gasteiger partial charge in [0.15, 0.2) is 6.16 Å². The van der Waals surface area contributed by atoms with Crippen LogP contribution in [0.1, 0.15) is 134 Å². The quantitative estimate of drug-likeness (QED) is 0.0385. The van der Waals surface area contributed by atoms with Gasteiger partial charge in [-0.3, -0.25) is 24.0 Å². The third kappa shape index (κ3) is 43.0. The summed E-state index contributed by atoms with van der Waals surface area (Å²) < 4.78 is 25.4. The zero-order valence-electron chi connectivity index (χ0n) is 37.3. The lowest BCUT2D eigenvalue weighted by Gasteiger charge is -2.25. The van der Waals surface area contributed by atoms with E-state index >= 15 is 0 Å². The molecule has 0 fully saturated rings. The van der Waals surface area contributed by atoms with Crippen LogP contribution >= 0.6 is 42.1 Å². The third-order valence-corrected chi connectivity index (χ3v) is 14.3. The lowest BCUT2D eigenvalue weighted by atomic mass is 10.0. The molecule has 0 bridgehead atoms. The lowest BCUT2D eigenvalue weighted by Crippen LogP contribution is -3.00. The highest BCUT2D eigenvalue weighted by atomic mass is 35.5. The first kappa shape index (κ1) is 66.6. The number of hydrogen-bond donors (Lipinski definition) is 3. The van der Waals surface area contributed by atoms with Crippen molar-refractivity contribution in [2.45, 2.75) is 183 Å². The summed E-state index contributed by atoms with van der Waals surface area (Å²) in [5.41, 5.74) is 0. The van der Waals surface area contributed by atoms with Crippen molar-refractivity contribution in [3.8, 4) is 0 Å². The number of aliphatic hydroxyl groups excluding tert-OH is 3. The molecule has 0 rings (SSSR count). The van der Waals surface area contributed by atoms with Crippen molar-refractivity contribution in [3.05, 3.63) is 0 Å². The van der Waals surface area contributed by atoms with Crippen LogP contribution in [0.15, 0.2) is 0 Å². The molecule has 59 heavy (non-hydrogen) atoms. The van der Waals surface area contributed by atoms with Gasteiger partial charge >= 0.3 is 29.8 Å². The summed E-state index contributed by atoms with van der Waals surface area (Å²) in [6.45, 7) is 21.4. The Kier molecular flexibility index (Phi) is 45.8. The first-order valence-electron chi connectivity index (χ1n) is 20.0. The van der Waals surface area contributed by atoms with Crippen LogP contribution in [0, 0.1) is 0 Å². The van der Waals surface area contributed by atoms with Gasteiger partial charge in [-0.05, 0) is 72.4 Å². The van der Waals surface area contributed by atoms with Crippen LogP contribution in [-0.2, 0) is 52.5 Å². The van der Waals surface area contributed by atoms with Gasteiger partial charge in [0.25, 0.3) is 0 Å². The molecule has 0 amide bonds. The zero-order valence-corrected chi connectivity index (χ0v) is 41.2. The van der Waals surface area contributed by atoms with Gasteiger partial charge in [-0.2, -0.15) is 0 Å². The number of alkyl halides is 2. The van der Waals surface area contributed by atoms with E-state index in [1.54, 1.807) is 20.8 Å². The standard InChI is InChI=1S/C18H36O5P.C12H21ClO5.C8H16O3.C2H2Cl2O.ClH/c1-7-17(12-16(20)11-14(5)22-15(6)19)23-18(21)13-24(8-2,9-3)10-4;1-4-11(18-12(16)7-13)6-10(15)5-8(2)17-9(3)14;1-4-8(10)5-6(2)11-7(3)9;3-1-2(4)5;/h14,16-17,20H,7-13H2,1-6H3;8,10-11,15H,4-7H2,1-3H3;6,8,10H,4-5H2,1-3H3;1H2;1H/q+1;;;;/p-1. The lowest BCUT2D eigenvalue weighted by molar-refractivity contribution is -0.150. The largest absolute Gasteiger partial charge is 1.00 e. The van der Waals surface area contributed by atoms with Gasteiger partial charge in [-0.25, -0.2) is 4.79 Å². The van der Waals surface area contributed by atoms with Gasteiger partial charge < -0.3 is 51.4 Å². The van der Waals surface area contributed by atoms with Crippen LogP contribution in [0.3, 0.4) is 0 Å². The molecule has 8 atom stereocenters. The van der Waals surface area contributed by atoms with Crippen LogP contribution in [-0.4, -0.2) is 136 Å². The molecule has 0 aliphatic heterocycles. The summed E-state index contributed by atoms with van der Waals surface area (Å²) in [4.78, 5) is 64.8. The van der Waals surface area contributed by atoms with Crippen LogP contribution in [0.25, 0.3) is 0 Å². The van der Waals surface area contributed by atoms with E-state index in [-0.39, 0.29) is 84.7 Å². The van der Waals surface area contributed by atoms with Crippen molar-refractivity contribution in [3.63, 3.8) is 0 Å². The molecule has 0 aromatic carbocycles. The number of rotatable bonds is 25. The summed E-state index contributed by atoms with van der Waals surface area (Å²) in [5.74, 6) is -1.95. The molecule has 0 spiro atoms. The number of carbonyl (C=O) groups excluding carboxylic acids is 6. The Morgan fingerprint density at radius 2 is 0.814 bits per heavy atom. The van der Waals surface area contributed by atoms with Crippen molar-refractivity contribution in [1.82, 2.24) is 0 Å². The van der Waals surface area contributed by atoms with Crippen molar-refractivity contribution < 1.29 is 80.2 Å². The summed E-state index contributed by atoms with van der Waals surface area (Å²) in [6, 6.07) is 0. The maximum atomic E-state index is 12.3. The molecule has 0 aromatic heterocycles. The van der Waals surface area contributed by atoms with E-state index < -0.39 is 30.7 Å². The monoisotopic (exact) mass is 950 g/mol. The maximum Gasteiger partial charge on any atom is 0.344 e. The summed E-state index contributed by atoms with van der Waals surface area (Å²) >= 11 is 14.9. The Balaban J connectivity index is -0.000000244. The molecule has 0 radical (unpaired) electrons. The second-order valence-corrected chi connectivity index (χ2v) is 19.8. The number of hydrogen-bond acceptors (Lipinski definition) is 14. The van der Waals surface area contributed by atoms with Crippen molar-refractivity contribution in [2.24, 2.45) is 0 Å². The Morgan fingerprint density at radius 1 is 0.508 bits per heavy atom. The Hall–Kier alpha value is -1.51. The number of ether oxygens (including phenoxy) is 5. The molecular formula is C40H75Cl4O14P. The molecule has 14 nitrogen and oxygen atoms in total. The number of halogens is 4. The first-order chi connectivity index (χ1) is 26.9. The number of carbonyl (C=O) groups is 6. The second kappa shape index (κ2) is 40.6. The molecule has 352 valence electrons. The molecule has 0 saturated carbocycles. The van der Waals surface area contributed by atoms with E-state index in [9.17, 15) is 39.0 Å². The van der Waals surface area contributed by atoms with Crippen molar-refractivity contribution in [2.75, 3.05) is 36.4 Å². The molecule has 0 heterocycles. The van der Waals surface area contributed by atoms with Gasteiger partial charge in [0.1, 0.15) is 36.4 Å². The summed E-state index contributed by atoms with van der Waals surface area (Å²) in [6.07, 6.45) is 4.34. The Morgan fingerprint density at radius 3 is 1.05 bits per heavy atom. The third-order valence-electron chi connectivity index (χ3n) is 8.65. The molecule has 0 aromatic rings. The van der Waals surface area contributed by atoms with Gasteiger partial charge in [-0.15, -0.1) is 23.2 Å². The summed E-state index contributed by atoms with van der Waals surface area (Å²) in [7, 11) is -1.23. The Bertz CT molecular complexity index is 1120. The molecule has 8 unspecified atom stereocenters. The van der Waals surface area contributed by atoms with Gasteiger partial charge in [0.05, 0.1) is 42.7 Å². The smallest absolute Gasteiger partial charge is 0.344 e. The zero-order chi connectivity index (χ0) is 46.0. The predicted octanol–water partition coefficient (Wildman–Crippen LogP) is 4.21. The normalized spacial score (nSPS) is 14.6. The van der Waals surface area contributed by atoms with Gasteiger partial charge in [-0.1, -0.05) is 20.8 Å². The highest BCUT2D eigenvalue weighted by Gasteiger charge is 2.36. The van der Waals surface area contributed by atoms with Crippen LogP contribution < -0.4 is 12.4 Å². The average molecular weight is 953 g/mol. The van der Waals surface area contributed by atoms with E-state index in [1.807, 2.05) is 20.8 Å². The topological polar surface area (TPSA) is 209 Å². The minimum atomic E-state index is -1.23. The summed E-state index contributed by atoms with van der Waals surface area (Å²) in [5, 5.41) is 28.6. The fourth-order valence-corrected chi connectivity index (χ4v) is 8.12. The molecule has 3 N–H and O–H groups in total. The fraction of sp³-hybridized carbons (Fsp3) is 0.850. The second-order valence-electron chi connectivity index (χ2n) is 13.9. The van der Waals surface area contributed by atoms with Gasteiger partial charge in [0.2, 0.25) is 5.24 Å². The molecule has 19 heteroatoms. The SMILES string of the molecule is CCC(CC(O)CC(C)OC(C)=O)OC(=O)CCl.CCC(CC(O)CC(C)OC(C)=O)OC(=O)C[P+](CC)(CC)CC.CCC(O)CC(C)OC(C)=O.O=C(Cl)CCl.[Cl-]. The van der Waals surface area contributed by atoms with E-state index in [0.717, 1.165) is 18.5 Å². The minimum Gasteiger partial charge on any atom is -1.00 e. The van der Waals surface area contributed by atoms with Crippen LogP contribution in [0.5, 0.6) is 0 Å². The van der Waals surface area contributed by atoms with Gasteiger partial charge in [0, 0.05) is 60.1 Å². The van der Waals surface area contributed by atoms with Crippen molar-refractivity contribution in [1.29, 1.82) is 0 Å². The molecular weight excluding hydrogens is 877 g/mol. The van der Waals surface area contributed by atoms with E-state index in [2.05, 4.69) is 20.8 Å². The van der Waals surface area contributed by atoms with Crippen LogP contribution in [0.4, 0.5) is 0 Å². The number of aliphatic hydroxyl groups is 3. The average Bonchev–Trinajstić information content (AvgIpc) is 3.12. The Labute approximate surface area is 375 Å². The highest BCUT2D eigenvalue weighted by molar-refractivity contribution is 7.76. The molecule has 0 aliphatic carbocycles. The minimum absolute atomic E-state index is 0. The highest BCUT2D eigenvalue weighted by Crippen LogP contribution is 2.57. The van der Waals surface area contributed by atoms with Crippen molar-refractivity contribution >= 4 is 77.2 Å². The first-order valence-corrected chi connectivity index (χ1v) is 24.0. The van der Waals surface area contributed by atoms with E-state index in [4.69, 9.17) is 63.6 Å².